The van der Waals surface area contributed by atoms with Crippen LogP contribution in [0.5, 0.6) is 5.75 Å². The highest BCUT2D eigenvalue weighted by Gasteiger charge is 2.23. The van der Waals surface area contributed by atoms with Crippen molar-refractivity contribution >= 4 is 27.6 Å². The zero-order chi connectivity index (χ0) is 15.4. The number of rotatable bonds is 5. The lowest BCUT2D eigenvalue weighted by Gasteiger charge is -2.10. The minimum atomic E-state index is -1.35. The van der Waals surface area contributed by atoms with Gasteiger partial charge < -0.3 is 9.84 Å². The van der Waals surface area contributed by atoms with Crippen LogP contribution in [0.15, 0.2) is 46.9 Å². The summed E-state index contributed by atoms with van der Waals surface area (Å²) in [6, 6.07) is 11.2. The van der Waals surface area contributed by atoms with E-state index in [0.29, 0.717) is 10.2 Å². The maximum atomic E-state index is 11.3. The zero-order valence-corrected chi connectivity index (χ0v) is 12.2. The Balaban J connectivity index is 2.32. The molecule has 0 unspecified atom stereocenters. The Bertz CT molecular complexity index is 702. The fraction of sp³-hybridized carbons (Fsp3) is 0.0714. The first kappa shape index (κ1) is 15.0. The summed E-state index contributed by atoms with van der Waals surface area (Å²) in [7, 11) is 0. The number of nitrogens with zero attached hydrogens (tertiary/aromatic N) is 1. The van der Waals surface area contributed by atoms with Crippen molar-refractivity contribution < 1.29 is 19.6 Å². The third kappa shape index (κ3) is 3.38. The zero-order valence-electron chi connectivity index (χ0n) is 10.7. The highest BCUT2D eigenvalue weighted by atomic mass is 79.9. The van der Waals surface area contributed by atoms with Crippen LogP contribution in [0.1, 0.15) is 15.9 Å². The van der Waals surface area contributed by atoms with E-state index >= 15 is 0 Å². The molecular formula is C14H10BrNO5. The molecule has 2 rings (SSSR count). The van der Waals surface area contributed by atoms with Gasteiger partial charge in [0.15, 0.2) is 0 Å². The average molecular weight is 352 g/mol. The van der Waals surface area contributed by atoms with E-state index in [1.165, 1.54) is 12.1 Å². The fourth-order valence-electron chi connectivity index (χ4n) is 1.82. The van der Waals surface area contributed by atoms with Gasteiger partial charge in [-0.3, -0.25) is 10.1 Å². The summed E-state index contributed by atoms with van der Waals surface area (Å²) in [5.74, 6) is -0.826. The van der Waals surface area contributed by atoms with Crippen molar-refractivity contribution in [2.24, 2.45) is 0 Å². The number of aromatic carboxylic acids is 1. The number of para-hydroxylation sites is 1. The van der Waals surface area contributed by atoms with Crippen LogP contribution in [-0.4, -0.2) is 16.0 Å². The quantitative estimate of drug-likeness (QED) is 0.656. The molecule has 7 heteroatoms. The lowest BCUT2D eigenvalue weighted by molar-refractivity contribution is -0.385. The molecule has 1 N–H and O–H groups in total. The molecule has 0 spiro atoms. The van der Waals surface area contributed by atoms with Gasteiger partial charge in [-0.1, -0.05) is 24.3 Å². The number of hydrogen-bond donors (Lipinski definition) is 1. The van der Waals surface area contributed by atoms with E-state index in [1.54, 1.807) is 18.2 Å². The molecule has 0 amide bonds. The first-order valence-electron chi connectivity index (χ1n) is 5.87. The smallest absolute Gasteiger partial charge is 0.343 e. The minimum Gasteiger partial charge on any atom is -0.488 e. The second-order valence-corrected chi connectivity index (χ2v) is 4.95. The molecule has 0 aliphatic carbocycles. The number of benzene rings is 2. The molecule has 6 nitrogen and oxygen atoms in total. The van der Waals surface area contributed by atoms with Crippen molar-refractivity contribution in [3.05, 3.63) is 68.2 Å². The van der Waals surface area contributed by atoms with E-state index in [1.807, 2.05) is 6.07 Å². The van der Waals surface area contributed by atoms with Crippen LogP contribution in [-0.2, 0) is 6.61 Å². The van der Waals surface area contributed by atoms with E-state index in [4.69, 9.17) is 4.74 Å². The summed E-state index contributed by atoms with van der Waals surface area (Å²) in [5, 5.41) is 20.1. The van der Waals surface area contributed by atoms with Gasteiger partial charge in [-0.15, -0.1) is 0 Å². The van der Waals surface area contributed by atoms with E-state index in [0.717, 1.165) is 6.07 Å². The molecule has 0 aromatic heterocycles. The molecule has 0 bridgehead atoms. The topological polar surface area (TPSA) is 89.7 Å². The first-order chi connectivity index (χ1) is 10.0. The van der Waals surface area contributed by atoms with Crippen molar-refractivity contribution in [3.63, 3.8) is 0 Å². The number of nitro benzene ring substituents is 1. The van der Waals surface area contributed by atoms with Crippen LogP contribution in [0.3, 0.4) is 0 Å². The highest BCUT2D eigenvalue weighted by molar-refractivity contribution is 9.10. The van der Waals surface area contributed by atoms with Gasteiger partial charge in [0.25, 0.3) is 5.69 Å². The number of halogens is 1. The third-order valence-corrected chi connectivity index (χ3v) is 3.41. The summed E-state index contributed by atoms with van der Waals surface area (Å²) in [4.78, 5) is 21.4. The van der Waals surface area contributed by atoms with Crippen LogP contribution < -0.4 is 4.74 Å². The average Bonchev–Trinajstić information content (AvgIpc) is 2.45. The van der Waals surface area contributed by atoms with E-state index in [-0.39, 0.29) is 17.7 Å². The van der Waals surface area contributed by atoms with Gasteiger partial charge in [-0.05, 0) is 28.1 Å². The summed E-state index contributed by atoms with van der Waals surface area (Å²) in [6.45, 7) is -0.0775. The van der Waals surface area contributed by atoms with Crippen LogP contribution >= 0.6 is 15.9 Å². The van der Waals surface area contributed by atoms with Crippen molar-refractivity contribution in [1.82, 2.24) is 0 Å². The van der Waals surface area contributed by atoms with Gasteiger partial charge in [-0.25, -0.2) is 4.79 Å². The molecule has 108 valence electrons. The highest BCUT2D eigenvalue weighted by Crippen LogP contribution is 2.27. The molecule has 0 saturated heterocycles. The van der Waals surface area contributed by atoms with Gasteiger partial charge in [0, 0.05) is 11.6 Å². The number of carbonyl (C=O) groups is 1. The molecule has 0 atom stereocenters. The van der Waals surface area contributed by atoms with Crippen LogP contribution in [0.4, 0.5) is 5.69 Å². The monoisotopic (exact) mass is 351 g/mol. The lowest BCUT2D eigenvalue weighted by atomic mass is 10.1. The SMILES string of the molecule is O=C(O)c1c(COc2ccccc2Br)cccc1[N+](=O)[O-]. The molecule has 0 aliphatic rings. The second-order valence-electron chi connectivity index (χ2n) is 4.09. The summed E-state index contributed by atoms with van der Waals surface area (Å²) in [5.41, 5.74) is -0.558. The Morgan fingerprint density at radius 3 is 2.57 bits per heavy atom. The summed E-state index contributed by atoms with van der Waals surface area (Å²) < 4.78 is 6.23. The predicted octanol–water partition coefficient (Wildman–Crippen LogP) is 3.63. The standard InChI is InChI=1S/C14H10BrNO5/c15-10-5-1-2-7-12(10)21-8-9-4-3-6-11(16(19)20)13(9)14(17)18/h1-7H,8H2,(H,17,18). The Kier molecular flexibility index (Phi) is 4.54. The number of hydrogen-bond acceptors (Lipinski definition) is 4. The number of nitro groups is 1. The Morgan fingerprint density at radius 2 is 1.95 bits per heavy atom. The molecule has 0 heterocycles. The number of carboxylic acids is 1. The maximum Gasteiger partial charge on any atom is 0.343 e. The minimum absolute atomic E-state index is 0.0775. The molecular weight excluding hydrogens is 342 g/mol. The van der Waals surface area contributed by atoms with E-state index in [2.05, 4.69) is 15.9 Å². The Labute approximate surface area is 128 Å². The number of carboxylic acid groups (broad SMARTS) is 1. The molecule has 2 aromatic carbocycles. The lowest BCUT2D eigenvalue weighted by Crippen LogP contribution is -2.09. The molecule has 0 radical (unpaired) electrons. The van der Waals surface area contributed by atoms with Crippen molar-refractivity contribution in [2.75, 3.05) is 0 Å². The van der Waals surface area contributed by atoms with E-state index in [9.17, 15) is 20.0 Å². The van der Waals surface area contributed by atoms with Crippen LogP contribution in [0, 0.1) is 10.1 Å². The summed E-state index contributed by atoms with van der Waals surface area (Å²) in [6.07, 6.45) is 0. The second kappa shape index (κ2) is 6.36. The van der Waals surface area contributed by atoms with E-state index < -0.39 is 16.6 Å². The Morgan fingerprint density at radius 1 is 1.24 bits per heavy atom. The largest absolute Gasteiger partial charge is 0.488 e. The first-order valence-corrected chi connectivity index (χ1v) is 6.67. The fourth-order valence-corrected chi connectivity index (χ4v) is 2.22. The van der Waals surface area contributed by atoms with Crippen molar-refractivity contribution in [1.29, 1.82) is 0 Å². The van der Waals surface area contributed by atoms with Crippen molar-refractivity contribution in [2.45, 2.75) is 6.61 Å². The number of ether oxygens (including phenoxy) is 1. The van der Waals surface area contributed by atoms with Gasteiger partial charge >= 0.3 is 5.97 Å². The van der Waals surface area contributed by atoms with Gasteiger partial charge in [0.05, 0.1) is 9.40 Å². The van der Waals surface area contributed by atoms with Gasteiger partial charge in [0.2, 0.25) is 0 Å². The molecule has 0 saturated carbocycles. The molecule has 0 fully saturated rings. The van der Waals surface area contributed by atoms with Crippen molar-refractivity contribution in [3.8, 4) is 5.75 Å². The molecule has 0 aliphatic heterocycles. The predicted molar refractivity (Wildman–Crippen MR) is 78.5 cm³/mol. The molecule has 2 aromatic rings. The van der Waals surface area contributed by atoms with Crippen LogP contribution in [0.25, 0.3) is 0 Å². The van der Waals surface area contributed by atoms with Gasteiger partial charge in [0.1, 0.15) is 17.9 Å². The third-order valence-electron chi connectivity index (χ3n) is 2.76. The maximum absolute atomic E-state index is 11.3. The van der Waals surface area contributed by atoms with Gasteiger partial charge in [-0.2, -0.15) is 0 Å². The Hall–Kier alpha value is -2.41. The normalized spacial score (nSPS) is 10.1. The molecule has 21 heavy (non-hydrogen) atoms. The van der Waals surface area contributed by atoms with Crippen LogP contribution in [0.2, 0.25) is 0 Å². The summed E-state index contributed by atoms with van der Waals surface area (Å²) >= 11 is 3.31.